The number of imidazole rings is 1. The topological polar surface area (TPSA) is 72.9 Å². The van der Waals surface area contributed by atoms with Crippen LogP contribution < -0.4 is 11.1 Å². The molecule has 0 aliphatic heterocycles. The Labute approximate surface area is 111 Å². The van der Waals surface area contributed by atoms with Crippen LogP contribution in [0.1, 0.15) is 18.4 Å². The standard InChI is InChI=1S/C14H16N4O/c15-14(6-7-14)12(19)17-13-16-8-9-18(13)10-11-4-2-1-3-5-11/h1-5,8-9H,6-7,10,15H2,(H,16,17,19). The van der Waals surface area contributed by atoms with Crippen LogP contribution in [0.3, 0.4) is 0 Å². The molecule has 0 bridgehead atoms. The molecule has 0 saturated heterocycles. The summed E-state index contributed by atoms with van der Waals surface area (Å²) in [7, 11) is 0. The number of aromatic nitrogens is 2. The second-order valence-corrected chi connectivity index (χ2v) is 4.97. The highest BCUT2D eigenvalue weighted by molar-refractivity contribution is 5.99. The summed E-state index contributed by atoms with van der Waals surface area (Å²) >= 11 is 0. The molecule has 3 N–H and O–H groups in total. The lowest BCUT2D eigenvalue weighted by atomic mass is 10.2. The number of nitrogens with one attached hydrogen (secondary N) is 1. The van der Waals surface area contributed by atoms with Gasteiger partial charge in [0.1, 0.15) is 0 Å². The minimum absolute atomic E-state index is 0.145. The van der Waals surface area contributed by atoms with Gasteiger partial charge in [0.05, 0.1) is 12.1 Å². The highest BCUT2D eigenvalue weighted by atomic mass is 16.2. The minimum Gasteiger partial charge on any atom is -0.317 e. The summed E-state index contributed by atoms with van der Waals surface area (Å²) in [5, 5.41) is 2.80. The molecule has 5 heteroatoms. The van der Waals surface area contributed by atoms with Gasteiger partial charge in [-0.25, -0.2) is 4.98 Å². The van der Waals surface area contributed by atoms with Crippen molar-refractivity contribution in [2.24, 2.45) is 5.73 Å². The third kappa shape index (κ3) is 2.51. The summed E-state index contributed by atoms with van der Waals surface area (Å²) in [5.41, 5.74) is 6.34. The van der Waals surface area contributed by atoms with Crippen molar-refractivity contribution >= 4 is 11.9 Å². The van der Waals surface area contributed by atoms with Crippen molar-refractivity contribution in [2.45, 2.75) is 24.9 Å². The summed E-state index contributed by atoms with van der Waals surface area (Å²) < 4.78 is 1.90. The SMILES string of the molecule is NC1(C(=O)Nc2nccn2Cc2ccccc2)CC1. The first-order chi connectivity index (χ1) is 9.17. The van der Waals surface area contributed by atoms with Gasteiger partial charge in [0, 0.05) is 12.4 Å². The zero-order valence-corrected chi connectivity index (χ0v) is 10.5. The number of amides is 1. The van der Waals surface area contributed by atoms with Gasteiger partial charge in [-0.1, -0.05) is 30.3 Å². The van der Waals surface area contributed by atoms with Crippen LogP contribution in [0, 0.1) is 0 Å². The number of hydrogen-bond donors (Lipinski definition) is 2. The first kappa shape index (κ1) is 11.9. The van der Waals surface area contributed by atoms with Crippen LogP contribution >= 0.6 is 0 Å². The van der Waals surface area contributed by atoms with Gasteiger partial charge >= 0.3 is 0 Å². The molecule has 0 atom stereocenters. The third-order valence-electron chi connectivity index (χ3n) is 3.38. The number of rotatable bonds is 4. The van der Waals surface area contributed by atoms with Crippen LogP contribution in [0.15, 0.2) is 42.7 Å². The summed E-state index contributed by atoms with van der Waals surface area (Å²) in [5.74, 6) is 0.401. The average Bonchev–Trinajstić information content (AvgIpc) is 3.03. The molecule has 2 aromatic rings. The molecule has 0 unspecified atom stereocenters. The lowest BCUT2D eigenvalue weighted by molar-refractivity contribution is -0.118. The average molecular weight is 256 g/mol. The molecule has 1 heterocycles. The van der Waals surface area contributed by atoms with Crippen LogP contribution in [0.4, 0.5) is 5.95 Å². The van der Waals surface area contributed by atoms with Gasteiger partial charge in [-0.3, -0.25) is 10.1 Å². The van der Waals surface area contributed by atoms with Crippen LogP contribution in [0.2, 0.25) is 0 Å². The number of hydrogen-bond acceptors (Lipinski definition) is 3. The Balaban J connectivity index is 1.73. The largest absolute Gasteiger partial charge is 0.317 e. The molecule has 98 valence electrons. The van der Waals surface area contributed by atoms with Gasteiger partial charge in [0.15, 0.2) is 0 Å². The first-order valence-electron chi connectivity index (χ1n) is 6.33. The van der Waals surface area contributed by atoms with Gasteiger partial charge < -0.3 is 10.3 Å². The summed E-state index contributed by atoms with van der Waals surface area (Å²) in [6, 6.07) is 10.0. The molecule has 0 radical (unpaired) electrons. The quantitative estimate of drug-likeness (QED) is 0.867. The van der Waals surface area contributed by atoms with Crippen molar-refractivity contribution in [3.05, 3.63) is 48.3 Å². The van der Waals surface area contributed by atoms with Gasteiger partial charge in [0.2, 0.25) is 11.9 Å². The molecular weight excluding hydrogens is 240 g/mol. The Morgan fingerprint density at radius 1 is 1.37 bits per heavy atom. The van der Waals surface area contributed by atoms with E-state index in [1.807, 2.05) is 41.1 Å². The van der Waals surface area contributed by atoms with Crippen LogP contribution in [-0.4, -0.2) is 21.0 Å². The minimum atomic E-state index is -0.677. The lowest BCUT2D eigenvalue weighted by Gasteiger charge is -2.11. The van der Waals surface area contributed by atoms with E-state index in [0.29, 0.717) is 12.5 Å². The number of benzene rings is 1. The number of anilines is 1. The Morgan fingerprint density at radius 3 is 2.79 bits per heavy atom. The normalized spacial score (nSPS) is 16.1. The molecule has 3 rings (SSSR count). The number of carbonyl (C=O) groups excluding carboxylic acids is 1. The number of nitrogens with zero attached hydrogens (tertiary/aromatic N) is 2. The molecule has 1 fully saturated rings. The molecule has 1 aliphatic carbocycles. The maximum Gasteiger partial charge on any atom is 0.246 e. The van der Waals surface area contributed by atoms with Gasteiger partial charge in [-0.05, 0) is 18.4 Å². The fourth-order valence-corrected chi connectivity index (χ4v) is 1.93. The Bertz CT molecular complexity index is 587. The zero-order chi connectivity index (χ0) is 13.3. The van der Waals surface area contributed by atoms with E-state index in [9.17, 15) is 4.79 Å². The number of carbonyl (C=O) groups is 1. The van der Waals surface area contributed by atoms with E-state index in [4.69, 9.17) is 5.73 Å². The molecule has 1 aromatic carbocycles. The molecule has 1 saturated carbocycles. The maximum absolute atomic E-state index is 11.9. The fourth-order valence-electron chi connectivity index (χ4n) is 1.93. The molecule has 5 nitrogen and oxygen atoms in total. The molecule has 0 spiro atoms. The molecule has 1 amide bonds. The molecular formula is C14H16N4O. The van der Waals surface area contributed by atoms with Crippen molar-refractivity contribution in [1.82, 2.24) is 9.55 Å². The van der Waals surface area contributed by atoms with Crippen LogP contribution in [0.25, 0.3) is 0 Å². The number of nitrogens with two attached hydrogens (primary N) is 1. The van der Waals surface area contributed by atoms with Gasteiger partial charge in [0.25, 0.3) is 0 Å². The van der Waals surface area contributed by atoms with E-state index in [1.54, 1.807) is 6.20 Å². The van der Waals surface area contributed by atoms with E-state index >= 15 is 0 Å². The van der Waals surface area contributed by atoms with Crippen LogP contribution in [0.5, 0.6) is 0 Å². The van der Waals surface area contributed by atoms with Crippen molar-refractivity contribution in [3.63, 3.8) is 0 Å². The highest BCUT2D eigenvalue weighted by Crippen LogP contribution is 2.33. The first-order valence-corrected chi connectivity index (χ1v) is 6.33. The monoisotopic (exact) mass is 256 g/mol. The molecule has 1 aromatic heterocycles. The van der Waals surface area contributed by atoms with Crippen molar-refractivity contribution in [1.29, 1.82) is 0 Å². The lowest BCUT2D eigenvalue weighted by Crippen LogP contribution is -2.38. The Hall–Kier alpha value is -2.14. The zero-order valence-electron chi connectivity index (χ0n) is 10.5. The predicted octanol–water partition coefficient (Wildman–Crippen LogP) is 1.36. The van der Waals surface area contributed by atoms with Crippen molar-refractivity contribution < 1.29 is 4.79 Å². The van der Waals surface area contributed by atoms with Gasteiger partial charge in [-0.15, -0.1) is 0 Å². The Morgan fingerprint density at radius 2 is 2.11 bits per heavy atom. The second-order valence-electron chi connectivity index (χ2n) is 4.97. The van der Waals surface area contributed by atoms with Gasteiger partial charge in [-0.2, -0.15) is 0 Å². The van der Waals surface area contributed by atoms with E-state index in [0.717, 1.165) is 18.4 Å². The second kappa shape index (κ2) is 4.51. The summed E-state index contributed by atoms with van der Waals surface area (Å²) in [6.07, 6.45) is 5.02. The van der Waals surface area contributed by atoms with Crippen molar-refractivity contribution in [2.75, 3.05) is 5.32 Å². The van der Waals surface area contributed by atoms with E-state index in [2.05, 4.69) is 10.3 Å². The molecule has 1 aliphatic rings. The summed E-state index contributed by atoms with van der Waals surface area (Å²) in [6.45, 7) is 0.675. The van der Waals surface area contributed by atoms with Crippen LogP contribution in [-0.2, 0) is 11.3 Å². The third-order valence-corrected chi connectivity index (χ3v) is 3.38. The smallest absolute Gasteiger partial charge is 0.246 e. The highest BCUT2D eigenvalue weighted by Gasteiger charge is 2.46. The van der Waals surface area contributed by atoms with E-state index in [1.165, 1.54) is 0 Å². The summed E-state index contributed by atoms with van der Waals surface area (Å²) in [4.78, 5) is 16.1. The van der Waals surface area contributed by atoms with E-state index in [-0.39, 0.29) is 5.91 Å². The van der Waals surface area contributed by atoms with Crippen molar-refractivity contribution in [3.8, 4) is 0 Å². The van der Waals surface area contributed by atoms with E-state index < -0.39 is 5.54 Å². The predicted molar refractivity (Wildman–Crippen MR) is 72.6 cm³/mol. The maximum atomic E-state index is 11.9. The molecule has 19 heavy (non-hydrogen) atoms. The Kier molecular flexibility index (Phi) is 2.83. The fraction of sp³-hybridized carbons (Fsp3) is 0.286.